The molecule has 0 heterocycles. The van der Waals surface area contributed by atoms with E-state index in [1.54, 1.807) is 0 Å². The highest BCUT2D eigenvalue weighted by Gasteiger charge is 2.51. The molecule has 1 amide bonds. The van der Waals surface area contributed by atoms with E-state index in [4.69, 9.17) is 0 Å². The molecule has 0 saturated heterocycles. The lowest BCUT2D eigenvalue weighted by molar-refractivity contribution is -0.120. The van der Waals surface area contributed by atoms with Crippen molar-refractivity contribution in [3.63, 3.8) is 0 Å². The predicted octanol–water partition coefficient (Wildman–Crippen LogP) is 2.06. The van der Waals surface area contributed by atoms with E-state index >= 15 is 0 Å². The van der Waals surface area contributed by atoms with Gasteiger partial charge in [-0.25, -0.2) is 8.42 Å². The number of nitrogens with one attached hydrogen (secondary N) is 1. The molecule has 4 nitrogen and oxygen atoms in total. The Morgan fingerprint density at radius 2 is 1.79 bits per heavy atom. The van der Waals surface area contributed by atoms with Gasteiger partial charge >= 0.3 is 0 Å². The van der Waals surface area contributed by atoms with Crippen LogP contribution in [0, 0.1) is 23.7 Å². The van der Waals surface area contributed by atoms with Crippen molar-refractivity contribution in [1.29, 1.82) is 0 Å². The third-order valence-electron chi connectivity index (χ3n) is 4.93. The number of rotatable bonds is 6. The third kappa shape index (κ3) is 3.50. The number of carbonyl (C=O) groups excluding carboxylic acids is 1. The molecule has 3 rings (SSSR count). The molecule has 3 fully saturated rings. The van der Waals surface area contributed by atoms with Crippen LogP contribution in [0.5, 0.6) is 0 Å². The first kappa shape index (κ1) is 13.4. The number of carbonyl (C=O) groups is 1. The van der Waals surface area contributed by atoms with Crippen molar-refractivity contribution in [3.8, 4) is 0 Å². The number of sulfonamides is 1. The molecule has 0 radical (unpaired) electrons. The van der Waals surface area contributed by atoms with E-state index in [0.717, 1.165) is 19.3 Å². The molecule has 0 spiro atoms. The van der Waals surface area contributed by atoms with Crippen LogP contribution >= 0.6 is 0 Å². The summed E-state index contributed by atoms with van der Waals surface area (Å²) in [4.78, 5) is 11.9. The Bertz CT molecular complexity index is 449. The summed E-state index contributed by atoms with van der Waals surface area (Å²) in [5.74, 6) is 1.58. The molecule has 3 aliphatic carbocycles. The number of hydrogen-bond donors (Lipinski definition) is 1. The van der Waals surface area contributed by atoms with Crippen LogP contribution in [-0.4, -0.2) is 20.1 Å². The van der Waals surface area contributed by atoms with Crippen molar-refractivity contribution in [2.24, 2.45) is 23.7 Å². The molecule has 3 saturated carbocycles. The lowest BCUT2D eigenvalue weighted by Gasteiger charge is -2.10. The maximum atomic E-state index is 11.9. The Kier molecular flexibility index (Phi) is 3.58. The van der Waals surface area contributed by atoms with E-state index in [9.17, 15) is 13.2 Å². The van der Waals surface area contributed by atoms with Crippen LogP contribution in [0.3, 0.4) is 0 Å². The van der Waals surface area contributed by atoms with E-state index < -0.39 is 10.0 Å². The first-order chi connectivity index (χ1) is 9.05. The van der Waals surface area contributed by atoms with Crippen molar-refractivity contribution in [2.75, 3.05) is 5.75 Å². The topological polar surface area (TPSA) is 63.2 Å². The maximum absolute atomic E-state index is 11.9. The Labute approximate surface area is 115 Å². The molecule has 5 heteroatoms. The molecule has 1 N–H and O–H groups in total. The summed E-state index contributed by atoms with van der Waals surface area (Å²) in [6.07, 6.45) is 8.80. The molecular formula is C14H23NO3S. The first-order valence-corrected chi connectivity index (χ1v) is 9.25. The van der Waals surface area contributed by atoms with Gasteiger partial charge in [-0.05, 0) is 43.4 Å². The fraction of sp³-hybridized carbons (Fsp3) is 0.929. The minimum atomic E-state index is -3.40. The Morgan fingerprint density at radius 1 is 1.11 bits per heavy atom. The van der Waals surface area contributed by atoms with Gasteiger partial charge in [0.15, 0.2) is 0 Å². The summed E-state index contributed by atoms with van der Waals surface area (Å²) >= 11 is 0. The van der Waals surface area contributed by atoms with Gasteiger partial charge in [-0.2, -0.15) is 0 Å². The molecule has 0 bridgehead atoms. The summed E-state index contributed by atoms with van der Waals surface area (Å²) in [5.41, 5.74) is 0. The second-order valence-corrected chi connectivity index (χ2v) is 8.41. The van der Waals surface area contributed by atoms with Gasteiger partial charge in [0.05, 0.1) is 5.75 Å². The molecule has 0 aromatic rings. The minimum Gasteiger partial charge on any atom is -0.274 e. The van der Waals surface area contributed by atoms with Crippen molar-refractivity contribution in [1.82, 2.24) is 4.72 Å². The molecule has 108 valence electrons. The van der Waals surface area contributed by atoms with Gasteiger partial charge in [-0.3, -0.25) is 9.52 Å². The first-order valence-electron chi connectivity index (χ1n) is 7.59. The van der Waals surface area contributed by atoms with E-state index in [1.807, 2.05) is 0 Å². The van der Waals surface area contributed by atoms with Crippen LogP contribution in [0.1, 0.15) is 51.4 Å². The quantitative estimate of drug-likeness (QED) is 0.812. The lowest BCUT2D eigenvalue weighted by Crippen LogP contribution is -2.34. The van der Waals surface area contributed by atoms with Crippen molar-refractivity contribution in [3.05, 3.63) is 0 Å². The van der Waals surface area contributed by atoms with Gasteiger partial charge in [-0.1, -0.05) is 25.7 Å². The second kappa shape index (κ2) is 5.08. The zero-order valence-electron chi connectivity index (χ0n) is 11.3. The fourth-order valence-electron chi connectivity index (χ4n) is 3.46. The lowest BCUT2D eigenvalue weighted by atomic mass is 10.1. The standard InChI is InChI=1S/C14H23NO3S/c16-14(13-9-12(13)11-5-6-11)15-19(17,18)8-7-10-3-1-2-4-10/h10-13H,1-9H2,(H,15,16). The summed E-state index contributed by atoms with van der Waals surface area (Å²) in [6, 6.07) is 0. The predicted molar refractivity (Wildman–Crippen MR) is 72.8 cm³/mol. The van der Waals surface area contributed by atoms with Crippen molar-refractivity contribution in [2.45, 2.75) is 51.4 Å². The highest BCUT2D eigenvalue weighted by Crippen LogP contribution is 2.54. The van der Waals surface area contributed by atoms with Crippen LogP contribution < -0.4 is 4.72 Å². The highest BCUT2D eigenvalue weighted by molar-refractivity contribution is 7.90. The number of amides is 1. The van der Waals surface area contributed by atoms with E-state index in [0.29, 0.717) is 24.2 Å². The summed E-state index contributed by atoms with van der Waals surface area (Å²) in [6.45, 7) is 0. The zero-order chi connectivity index (χ0) is 13.5. The molecule has 2 atom stereocenters. The normalized spacial score (nSPS) is 31.4. The van der Waals surface area contributed by atoms with Crippen LogP contribution in [0.4, 0.5) is 0 Å². The molecule has 0 aliphatic heterocycles. The zero-order valence-corrected chi connectivity index (χ0v) is 12.1. The maximum Gasteiger partial charge on any atom is 0.236 e. The largest absolute Gasteiger partial charge is 0.274 e. The SMILES string of the molecule is O=C(NS(=O)(=O)CCC1CCCC1)C1CC1C1CC1. The van der Waals surface area contributed by atoms with Crippen LogP contribution in [0.2, 0.25) is 0 Å². The number of hydrogen-bond acceptors (Lipinski definition) is 3. The molecule has 2 unspecified atom stereocenters. The summed E-state index contributed by atoms with van der Waals surface area (Å²) < 4.78 is 26.1. The second-order valence-electron chi connectivity index (χ2n) is 6.57. The van der Waals surface area contributed by atoms with Gasteiger partial charge in [0, 0.05) is 5.92 Å². The summed E-state index contributed by atoms with van der Waals surface area (Å²) in [5, 5.41) is 0. The smallest absolute Gasteiger partial charge is 0.236 e. The van der Waals surface area contributed by atoms with Crippen LogP contribution in [-0.2, 0) is 14.8 Å². The van der Waals surface area contributed by atoms with E-state index in [2.05, 4.69) is 4.72 Å². The molecule has 0 aromatic heterocycles. The van der Waals surface area contributed by atoms with E-state index in [1.165, 1.54) is 25.7 Å². The average Bonchev–Trinajstić information content (AvgIpc) is 3.22. The minimum absolute atomic E-state index is 0.0197. The Morgan fingerprint density at radius 3 is 2.42 bits per heavy atom. The Hall–Kier alpha value is -0.580. The van der Waals surface area contributed by atoms with Crippen molar-refractivity contribution >= 4 is 15.9 Å². The molecule has 3 aliphatic rings. The van der Waals surface area contributed by atoms with E-state index in [-0.39, 0.29) is 17.6 Å². The van der Waals surface area contributed by atoms with Gasteiger partial charge in [0.25, 0.3) is 0 Å². The van der Waals surface area contributed by atoms with Gasteiger partial charge in [-0.15, -0.1) is 0 Å². The molecule has 19 heavy (non-hydrogen) atoms. The third-order valence-corrected chi connectivity index (χ3v) is 6.22. The average molecular weight is 285 g/mol. The van der Waals surface area contributed by atoms with Gasteiger partial charge < -0.3 is 0 Å². The van der Waals surface area contributed by atoms with Gasteiger partial charge in [0.2, 0.25) is 15.9 Å². The van der Waals surface area contributed by atoms with Gasteiger partial charge in [0.1, 0.15) is 0 Å². The van der Waals surface area contributed by atoms with Crippen molar-refractivity contribution < 1.29 is 13.2 Å². The highest BCUT2D eigenvalue weighted by atomic mass is 32.2. The van der Waals surface area contributed by atoms with Crippen LogP contribution in [0.15, 0.2) is 0 Å². The summed E-state index contributed by atoms with van der Waals surface area (Å²) in [7, 11) is -3.40. The van der Waals surface area contributed by atoms with Crippen LogP contribution in [0.25, 0.3) is 0 Å². The molecular weight excluding hydrogens is 262 g/mol. The fourth-order valence-corrected chi connectivity index (χ4v) is 4.67. The monoisotopic (exact) mass is 285 g/mol. The Balaban J connectivity index is 1.43. The molecule has 0 aromatic carbocycles.